The minimum Gasteiger partial charge on any atom is -0.506 e. The molecule has 0 atom stereocenters. The molecule has 0 saturated carbocycles. The van der Waals surface area contributed by atoms with Gasteiger partial charge >= 0.3 is 5.97 Å². The number of ether oxygens (including phenoxy) is 1. The predicted octanol–water partition coefficient (Wildman–Crippen LogP) is 5.80. The summed E-state index contributed by atoms with van der Waals surface area (Å²) >= 11 is 3.92. The van der Waals surface area contributed by atoms with Gasteiger partial charge in [0.2, 0.25) is 0 Å². The van der Waals surface area contributed by atoms with Crippen LogP contribution in [0.3, 0.4) is 0 Å². The van der Waals surface area contributed by atoms with E-state index in [-0.39, 0.29) is 32.9 Å². The van der Waals surface area contributed by atoms with Gasteiger partial charge in [0, 0.05) is 32.4 Å². The minimum absolute atomic E-state index is 0.111. The number of nitro groups is 1. The number of aliphatic hydroxyl groups is 1. The van der Waals surface area contributed by atoms with Crippen LogP contribution in [0.1, 0.15) is 44.7 Å². The maximum Gasteiger partial charge on any atom is 0.343 e. The van der Waals surface area contributed by atoms with Gasteiger partial charge in [0.25, 0.3) is 5.69 Å². The molecule has 178 valence electrons. The number of nitro benzene ring substituents is 1. The van der Waals surface area contributed by atoms with E-state index in [4.69, 9.17) is 4.74 Å². The minimum atomic E-state index is -2.32. The molecule has 1 rings (SSSR count). The molecular weight excluding hydrogens is 658 g/mol. The summed E-state index contributed by atoms with van der Waals surface area (Å²) in [7, 11) is -2.32. The number of hydrogen-bond donors (Lipinski definition) is 2. The quantitative estimate of drug-likeness (QED) is 0.0290. The smallest absolute Gasteiger partial charge is 0.343 e. The van der Waals surface area contributed by atoms with Crippen LogP contribution in [0.4, 0.5) is 5.69 Å². The number of carbonyl (C=O) groups excluding carboxylic acids is 1. The number of aliphatic hydroxyl groups excluding tert-OH is 1. The third-order valence-corrected chi connectivity index (χ3v) is 10.4. The van der Waals surface area contributed by atoms with Crippen LogP contribution in [0, 0.1) is 13.7 Å². The van der Waals surface area contributed by atoms with Crippen LogP contribution in [0.5, 0.6) is 0 Å². The predicted molar refractivity (Wildman–Crippen MR) is 146 cm³/mol. The zero-order chi connectivity index (χ0) is 24.7. The summed E-state index contributed by atoms with van der Waals surface area (Å²) in [4.78, 5) is 38.2. The number of esters is 1. The van der Waals surface area contributed by atoms with Gasteiger partial charge in [0.15, 0.2) is 8.32 Å². The second kappa shape index (κ2) is 12.4. The molecule has 0 amide bonds. The Morgan fingerprint density at radius 1 is 1.38 bits per heavy atom. The van der Waals surface area contributed by atoms with Crippen molar-refractivity contribution in [1.29, 1.82) is 0 Å². The molecule has 0 unspecified atom stereocenters. The third kappa shape index (κ3) is 7.76. The number of halogens is 2. The van der Waals surface area contributed by atoms with Crippen LogP contribution in [-0.4, -0.2) is 48.5 Å². The van der Waals surface area contributed by atoms with E-state index in [9.17, 15) is 24.8 Å². The van der Waals surface area contributed by atoms with Gasteiger partial charge in [0.1, 0.15) is 11.3 Å². The molecule has 0 bridgehead atoms. The summed E-state index contributed by atoms with van der Waals surface area (Å²) in [5.41, 5.74) is 0.263. The van der Waals surface area contributed by atoms with Crippen molar-refractivity contribution in [2.45, 2.75) is 56.2 Å². The van der Waals surface area contributed by atoms with Crippen molar-refractivity contribution in [3.63, 3.8) is 0 Å². The maximum absolute atomic E-state index is 12.5. The molecule has 0 fully saturated rings. The molecule has 1 aromatic rings. The Labute approximate surface area is 217 Å². The topological polar surface area (TPSA) is 122 Å². The largest absolute Gasteiger partial charge is 0.506 e. The average molecular weight is 688 g/mol. The number of hydrogen-bond acceptors (Lipinski definition) is 7. The second-order valence-electron chi connectivity index (χ2n) is 8.41. The fourth-order valence-corrected chi connectivity index (χ4v) is 4.97. The van der Waals surface area contributed by atoms with Gasteiger partial charge in [-0.1, -0.05) is 36.4 Å². The molecule has 2 N–H and O–H groups in total. The molecule has 0 aliphatic rings. The Hall–Kier alpha value is -1.06. The van der Waals surface area contributed by atoms with Crippen LogP contribution in [0.15, 0.2) is 22.7 Å². The molecule has 0 aromatic heterocycles. The summed E-state index contributed by atoms with van der Waals surface area (Å²) in [6.07, 6.45) is 2.74. The van der Waals surface area contributed by atoms with Crippen LogP contribution in [0.25, 0.3) is 5.76 Å². The van der Waals surface area contributed by atoms with Crippen molar-refractivity contribution in [2.75, 3.05) is 13.2 Å². The van der Waals surface area contributed by atoms with Gasteiger partial charge in [0.05, 0.1) is 17.1 Å². The van der Waals surface area contributed by atoms with Crippen molar-refractivity contribution in [2.24, 2.45) is 4.99 Å². The first-order valence-corrected chi connectivity index (χ1v) is 15.7. The summed E-state index contributed by atoms with van der Waals surface area (Å²) in [5.74, 6) is -1.15. The summed E-state index contributed by atoms with van der Waals surface area (Å²) in [6.45, 7) is 10.0. The number of benzene rings is 1. The zero-order valence-electron chi connectivity index (χ0n) is 18.9. The third-order valence-electron chi connectivity index (χ3n) is 5.49. The first-order chi connectivity index (χ1) is 14.8. The molecular formula is C21H30I2N2O6Si. The SMILES string of the molecule is CCOC(=O)C(C=NCCCC(C)(C)[Si](C)(C)O)=C(O)c1cc(I)cc([N+](=O)[O-])c1CI. The van der Waals surface area contributed by atoms with Crippen molar-refractivity contribution in [3.8, 4) is 0 Å². The van der Waals surface area contributed by atoms with Crippen LogP contribution in [-0.2, 0) is 14.0 Å². The highest BCUT2D eigenvalue weighted by Crippen LogP contribution is 2.39. The molecule has 0 saturated heterocycles. The van der Waals surface area contributed by atoms with Gasteiger partial charge in [-0.05, 0) is 66.6 Å². The Bertz CT molecular complexity index is 910. The number of nitrogens with zero attached hydrogens (tertiary/aromatic N) is 2. The molecule has 0 heterocycles. The van der Waals surface area contributed by atoms with E-state index in [1.54, 1.807) is 13.0 Å². The molecule has 8 nitrogen and oxygen atoms in total. The lowest BCUT2D eigenvalue weighted by Gasteiger charge is -2.34. The molecule has 0 radical (unpaired) electrons. The second-order valence-corrected chi connectivity index (χ2v) is 14.9. The number of alkyl halides is 1. The number of rotatable bonds is 11. The van der Waals surface area contributed by atoms with Crippen molar-refractivity contribution < 1.29 is 24.4 Å². The Morgan fingerprint density at radius 3 is 2.50 bits per heavy atom. The lowest BCUT2D eigenvalue weighted by molar-refractivity contribution is -0.385. The lowest BCUT2D eigenvalue weighted by Crippen LogP contribution is -2.39. The van der Waals surface area contributed by atoms with Crippen LogP contribution < -0.4 is 0 Å². The molecule has 1 aromatic carbocycles. The number of carbonyl (C=O) groups is 1. The first-order valence-electron chi connectivity index (χ1n) is 10.1. The number of aliphatic imine (C=N–C) groups is 1. The fourth-order valence-electron chi connectivity index (χ4n) is 2.78. The summed E-state index contributed by atoms with van der Waals surface area (Å²) < 4.78 is 5.90. The fraction of sp³-hybridized carbons (Fsp3) is 0.524. The van der Waals surface area contributed by atoms with E-state index in [1.165, 1.54) is 12.3 Å². The zero-order valence-corrected chi connectivity index (χ0v) is 24.3. The summed E-state index contributed by atoms with van der Waals surface area (Å²) in [6, 6.07) is 3.03. The average Bonchev–Trinajstić information content (AvgIpc) is 2.68. The van der Waals surface area contributed by atoms with Crippen LogP contribution in [0.2, 0.25) is 18.1 Å². The Kier molecular flexibility index (Phi) is 11.2. The van der Waals surface area contributed by atoms with E-state index in [0.717, 1.165) is 6.42 Å². The first kappa shape index (κ1) is 29.0. The molecule has 32 heavy (non-hydrogen) atoms. The monoisotopic (exact) mass is 688 g/mol. The van der Waals surface area contributed by atoms with Gasteiger partial charge in [-0.2, -0.15) is 0 Å². The molecule has 0 spiro atoms. The van der Waals surface area contributed by atoms with Crippen LogP contribution >= 0.6 is 45.2 Å². The molecule has 0 aliphatic heterocycles. The van der Waals surface area contributed by atoms with Gasteiger partial charge in [-0.15, -0.1) is 0 Å². The maximum atomic E-state index is 12.5. The highest BCUT2D eigenvalue weighted by molar-refractivity contribution is 14.1. The Morgan fingerprint density at radius 2 is 2.00 bits per heavy atom. The Balaban J connectivity index is 3.31. The van der Waals surface area contributed by atoms with E-state index in [2.05, 4.69) is 4.99 Å². The standard InChI is InChI=1S/C21H30I2N2O6Si/c1-6-31-20(27)17(13-24-9-7-8-21(2,3)32(4,5)30)19(26)15-10-14(23)11-18(25(28)29)16(15)12-22/h10-11,13,26,30H,6-9,12H2,1-5H3. The molecule has 11 heteroatoms. The normalized spacial score (nSPS) is 13.2. The lowest BCUT2D eigenvalue weighted by atomic mass is 10.0. The summed E-state index contributed by atoms with van der Waals surface area (Å²) in [5, 5.41) is 22.2. The van der Waals surface area contributed by atoms with Gasteiger partial charge in [-0.25, -0.2) is 4.79 Å². The highest BCUT2D eigenvalue weighted by atomic mass is 127. The highest BCUT2D eigenvalue weighted by Gasteiger charge is 2.37. The van der Waals surface area contributed by atoms with Crippen molar-refractivity contribution in [3.05, 3.63) is 42.5 Å². The van der Waals surface area contributed by atoms with E-state index in [0.29, 0.717) is 22.1 Å². The van der Waals surface area contributed by atoms with Gasteiger partial charge in [-0.3, -0.25) is 15.1 Å². The van der Waals surface area contributed by atoms with E-state index >= 15 is 0 Å². The van der Waals surface area contributed by atoms with E-state index < -0.39 is 25.0 Å². The van der Waals surface area contributed by atoms with E-state index in [1.807, 2.05) is 72.1 Å². The van der Waals surface area contributed by atoms with Gasteiger partial charge < -0.3 is 14.6 Å². The van der Waals surface area contributed by atoms with Crippen molar-refractivity contribution >= 4 is 77.1 Å². The van der Waals surface area contributed by atoms with Crippen molar-refractivity contribution in [1.82, 2.24) is 0 Å². The molecule has 0 aliphatic carbocycles.